The summed E-state index contributed by atoms with van der Waals surface area (Å²) in [6.45, 7) is 3.09. The molecule has 4 rings (SSSR count). The summed E-state index contributed by atoms with van der Waals surface area (Å²) in [5.41, 5.74) is 5.96. The molecule has 142 valence electrons. The summed E-state index contributed by atoms with van der Waals surface area (Å²) >= 11 is 1.32. The van der Waals surface area contributed by atoms with Crippen LogP contribution in [0.15, 0.2) is 24.3 Å². The topological polar surface area (TPSA) is 98.0 Å². The van der Waals surface area contributed by atoms with Crippen molar-refractivity contribution in [2.24, 2.45) is 11.7 Å². The van der Waals surface area contributed by atoms with E-state index in [2.05, 4.69) is 10.1 Å². The fourth-order valence-electron chi connectivity index (χ4n) is 3.85. The second kappa shape index (κ2) is 6.90. The van der Waals surface area contributed by atoms with Gasteiger partial charge in [0.15, 0.2) is 6.04 Å². The van der Waals surface area contributed by atoms with Crippen LogP contribution in [0, 0.1) is 18.7 Å². The lowest BCUT2D eigenvalue weighted by Crippen LogP contribution is -3.13. The van der Waals surface area contributed by atoms with Gasteiger partial charge >= 0.3 is 0 Å². The van der Waals surface area contributed by atoms with Crippen LogP contribution in [0.25, 0.3) is 4.96 Å². The predicted molar refractivity (Wildman–Crippen MR) is 98.1 cm³/mol. The van der Waals surface area contributed by atoms with E-state index in [1.165, 1.54) is 21.9 Å². The predicted octanol–water partition coefficient (Wildman–Crippen LogP) is 0.814. The van der Waals surface area contributed by atoms with Crippen molar-refractivity contribution in [1.82, 2.24) is 14.6 Å². The van der Waals surface area contributed by atoms with Crippen LogP contribution < -0.4 is 10.6 Å². The number of primary amides is 1. The summed E-state index contributed by atoms with van der Waals surface area (Å²) in [6, 6.07) is 6.22. The molecule has 3 aromatic rings. The summed E-state index contributed by atoms with van der Waals surface area (Å²) in [5, 5.41) is 15.0. The number of likely N-dealkylation sites (tertiary alicyclic amines) is 1. The smallest absolute Gasteiger partial charge is 0.235 e. The summed E-state index contributed by atoms with van der Waals surface area (Å²) < 4.78 is 16.1. The van der Waals surface area contributed by atoms with Crippen molar-refractivity contribution in [3.63, 3.8) is 0 Å². The first kappa shape index (κ1) is 17.9. The third-order valence-electron chi connectivity index (χ3n) is 5.22. The van der Waals surface area contributed by atoms with Gasteiger partial charge in [-0.25, -0.2) is 9.37 Å². The highest BCUT2D eigenvalue weighted by atomic mass is 32.1. The molecule has 1 saturated heterocycles. The number of aromatic nitrogens is 3. The van der Waals surface area contributed by atoms with E-state index in [4.69, 9.17) is 5.73 Å². The number of carbonyl (C=O) groups excluding carboxylic acids is 1. The number of rotatable bonds is 4. The number of amides is 1. The molecular weight excluding hydrogens is 369 g/mol. The van der Waals surface area contributed by atoms with E-state index in [1.807, 2.05) is 0 Å². The first-order valence-corrected chi connectivity index (χ1v) is 9.70. The van der Waals surface area contributed by atoms with Crippen LogP contribution in [0.5, 0.6) is 5.88 Å². The van der Waals surface area contributed by atoms with Gasteiger partial charge in [0, 0.05) is 18.8 Å². The van der Waals surface area contributed by atoms with Gasteiger partial charge < -0.3 is 15.7 Å². The van der Waals surface area contributed by atoms with Crippen LogP contribution in [0.3, 0.4) is 0 Å². The number of aromatic hydroxyl groups is 1. The van der Waals surface area contributed by atoms with Crippen LogP contribution in [0.1, 0.15) is 35.1 Å². The van der Waals surface area contributed by atoms with Crippen LogP contribution in [-0.4, -0.2) is 38.7 Å². The molecular formula is C18H21FN5O2S+. The fourth-order valence-corrected chi connectivity index (χ4v) is 5.03. The second-order valence-corrected chi connectivity index (χ2v) is 7.94. The number of quaternary nitrogens is 1. The standard InChI is InChI=1S/C18H20FN5O2S/c1-10-21-18-24(22-10)17(26)15(27-18)14(12-4-2-3-5-13(12)19)23-8-6-11(7-9-23)16(20)25/h2-5,11,14,26H,6-9H2,1H3,(H2,20,25)/p+1/t14-/m1/s1. The number of halogens is 1. The molecule has 1 aromatic carbocycles. The average Bonchev–Trinajstić information content (AvgIpc) is 3.15. The number of nitrogens with one attached hydrogen (secondary N) is 1. The number of nitrogens with two attached hydrogens (primary N) is 1. The Morgan fingerprint density at radius 2 is 2.11 bits per heavy atom. The zero-order valence-electron chi connectivity index (χ0n) is 14.9. The lowest BCUT2D eigenvalue weighted by molar-refractivity contribution is -0.930. The lowest BCUT2D eigenvalue weighted by atomic mass is 9.93. The SMILES string of the molecule is Cc1nc2sc([C@@H](c3ccccc3F)[NH+]3CCC(C(N)=O)CC3)c(O)n2n1. The van der Waals surface area contributed by atoms with Crippen molar-refractivity contribution < 1.29 is 19.2 Å². The zero-order valence-corrected chi connectivity index (χ0v) is 15.7. The Hall–Kier alpha value is -2.52. The van der Waals surface area contributed by atoms with Gasteiger partial charge in [0.25, 0.3) is 0 Å². The Labute approximate surface area is 159 Å². The van der Waals surface area contributed by atoms with Gasteiger partial charge in [0.2, 0.25) is 16.7 Å². The highest BCUT2D eigenvalue weighted by molar-refractivity contribution is 7.17. The lowest BCUT2D eigenvalue weighted by Gasteiger charge is -2.33. The molecule has 0 spiro atoms. The molecule has 27 heavy (non-hydrogen) atoms. The molecule has 1 aliphatic heterocycles. The number of hydrogen-bond acceptors (Lipinski definition) is 5. The molecule has 0 radical (unpaired) electrons. The quantitative estimate of drug-likeness (QED) is 0.614. The third-order valence-corrected chi connectivity index (χ3v) is 6.31. The van der Waals surface area contributed by atoms with E-state index in [9.17, 15) is 14.3 Å². The van der Waals surface area contributed by atoms with Crippen LogP contribution >= 0.6 is 11.3 Å². The summed E-state index contributed by atoms with van der Waals surface area (Å²) in [5.74, 6) is -0.183. The van der Waals surface area contributed by atoms with E-state index < -0.39 is 6.04 Å². The van der Waals surface area contributed by atoms with Gasteiger partial charge in [0.1, 0.15) is 16.5 Å². The molecule has 1 atom stereocenters. The minimum absolute atomic E-state index is 0.00613. The summed E-state index contributed by atoms with van der Waals surface area (Å²) in [7, 11) is 0. The van der Waals surface area contributed by atoms with Crippen molar-refractivity contribution in [2.45, 2.75) is 25.8 Å². The van der Waals surface area contributed by atoms with Crippen molar-refractivity contribution >= 4 is 22.2 Å². The summed E-state index contributed by atoms with van der Waals surface area (Å²) in [6.07, 6.45) is 1.30. The average molecular weight is 390 g/mol. The molecule has 1 amide bonds. The highest BCUT2D eigenvalue weighted by Crippen LogP contribution is 2.36. The van der Waals surface area contributed by atoms with Gasteiger partial charge in [-0.3, -0.25) is 4.79 Å². The zero-order chi connectivity index (χ0) is 19.1. The molecule has 0 aliphatic carbocycles. The minimum atomic E-state index is -0.395. The maximum Gasteiger partial charge on any atom is 0.235 e. The Balaban J connectivity index is 1.77. The van der Waals surface area contributed by atoms with Crippen molar-refractivity contribution in [2.75, 3.05) is 13.1 Å². The number of hydrogen-bond donors (Lipinski definition) is 3. The van der Waals surface area contributed by atoms with Gasteiger partial charge in [-0.05, 0) is 19.1 Å². The molecule has 7 nitrogen and oxygen atoms in total. The van der Waals surface area contributed by atoms with E-state index >= 15 is 0 Å². The molecule has 4 N–H and O–H groups in total. The van der Waals surface area contributed by atoms with Gasteiger partial charge in [-0.1, -0.05) is 23.5 Å². The number of thiazole rings is 1. The van der Waals surface area contributed by atoms with E-state index in [0.717, 1.165) is 4.90 Å². The van der Waals surface area contributed by atoms with Crippen molar-refractivity contribution in [3.05, 3.63) is 46.3 Å². The van der Waals surface area contributed by atoms with E-state index in [1.54, 1.807) is 25.1 Å². The second-order valence-electron chi connectivity index (χ2n) is 6.93. The summed E-state index contributed by atoms with van der Waals surface area (Å²) in [4.78, 5) is 18.1. The van der Waals surface area contributed by atoms with E-state index in [0.29, 0.717) is 47.2 Å². The molecule has 9 heteroatoms. The Kier molecular flexibility index (Phi) is 4.56. The first-order valence-electron chi connectivity index (χ1n) is 8.89. The molecule has 0 saturated carbocycles. The minimum Gasteiger partial charge on any atom is -0.492 e. The molecule has 3 heterocycles. The largest absolute Gasteiger partial charge is 0.492 e. The highest BCUT2D eigenvalue weighted by Gasteiger charge is 2.37. The molecule has 1 aliphatic rings. The van der Waals surface area contributed by atoms with Gasteiger partial charge in [-0.2, -0.15) is 4.52 Å². The molecule has 2 aromatic heterocycles. The number of aryl methyl sites for hydroxylation is 1. The van der Waals surface area contributed by atoms with Crippen molar-refractivity contribution in [1.29, 1.82) is 0 Å². The van der Waals surface area contributed by atoms with Crippen molar-refractivity contribution in [3.8, 4) is 5.88 Å². The Bertz CT molecular complexity index is 993. The van der Waals surface area contributed by atoms with Crippen LogP contribution in [-0.2, 0) is 4.79 Å². The van der Waals surface area contributed by atoms with E-state index in [-0.39, 0.29) is 23.5 Å². The molecule has 0 bridgehead atoms. The molecule has 1 fully saturated rings. The molecule has 0 unspecified atom stereocenters. The first-order chi connectivity index (χ1) is 13.0. The van der Waals surface area contributed by atoms with Crippen LogP contribution in [0.4, 0.5) is 4.39 Å². The third kappa shape index (κ3) is 3.17. The van der Waals surface area contributed by atoms with Gasteiger partial charge in [-0.15, -0.1) is 5.10 Å². The number of carbonyl (C=O) groups is 1. The Morgan fingerprint density at radius 1 is 1.41 bits per heavy atom. The fraction of sp³-hybridized carbons (Fsp3) is 0.389. The number of piperidine rings is 1. The van der Waals surface area contributed by atoms with Gasteiger partial charge in [0.05, 0.1) is 18.7 Å². The normalized spacial score (nSPS) is 21.4. The monoisotopic (exact) mass is 390 g/mol. The number of nitrogens with zero attached hydrogens (tertiary/aromatic N) is 3. The maximum absolute atomic E-state index is 14.7. The number of fused-ring (bicyclic) bond motifs is 1. The van der Waals surface area contributed by atoms with Crippen LogP contribution in [0.2, 0.25) is 0 Å². The number of benzene rings is 1. The maximum atomic E-state index is 14.7. The Morgan fingerprint density at radius 3 is 2.74 bits per heavy atom.